The quantitative estimate of drug-likeness (QED) is 0.529. The lowest BCUT2D eigenvalue weighted by Gasteiger charge is -2.17. The number of fused-ring (bicyclic) bond motifs is 3. The largest absolute Gasteiger partial charge is 0.504 e. The first-order chi connectivity index (χ1) is 13.1. The number of aryl methyl sites for hydroxylation is 2. The van der Waals surface area contributed by atoms with Crippen LogP contribution >= 0.6 is 0 Å². The van der Waals surface area contributed by atoms with Crippen molar-refractivity contribution in [1.29, 1.82) is 0 Å². The van der Waals surface area contributed by atoms with Gasteiger partial charge in [-0.25, -0.2) is 0 Å². The molecule has 0 aliphatic heterocycles. The number of aromatic nitrogens is 1. The monoisotopic (exact) mass is 362 g/mol. The van der Waals surface area contributed by atoms with Crippen LogP contribution in [0.3, 0.4) is 0 Å². The molecule has 2 aliphatic carbocycles. The zero-order valence-corrected chi connectivity index (χ0v) is 15.0. The Morgan fingerprint density at radius 2 is 1.81 bits per heavy atom. The first-order valence-electron chi connectivity index (χ1n) is 9.54. The Bertz CT molecular complexity index is 1060. The molecule has 0 atom stereocenters. The van der Waals surface area contributed by atoms with E-state index in [0.717, 1.165) is 42.5 Å². The summed E-state index contributed by atoms with van der Waals surface area (Å²) in [5, 5.41) is 23.6. The van der Waals surface area contributed by atoms with Gasteiger partial charge in [-0.1, -0.05) is 6.07 Å². The Kier molecular flexibility index (Phi) is 3.47. The van der Waals surface area contributed by atoms with Crippen LogP contribution in [0.25, 0.3) is 10.9 Å². The van der Waals surface area contributed by atoms with Crippen LogP contribution < -0.4 is 5.32 Å². The fourth-order valence-corrected chi connectivity index (χ4v) is 4.33. The number of anilines is 1. The van der Waals surface area contributed by atoms with Gasteiger partial charge in [-0.3, -0.25) is 4.79 Å². The maximum Gasteiger partial charge on any atom is 0.235 e. The molecule has 5 rings (SSSR count). The van der Waals surface area contributed by atoms with Gasteiger partial charge in [-0.15, -0.1) is 0 Å². The molecule has 0 unspecified atom stereocenters. The van der Waals surface area contributed by atoms with Gasteiger partial charge < -0.3 is 20.5 Å². The fourth-order valence-electron chi connectivity index (χ4n) is 4.33. The van der Waals surface area contributed by atoms with E-state index in [1.807, 2.05) is 12.1 Å². The summed E-state index contributed by atoms with van der Waals surface area (Å²) in [7, 11) is 0. The molecule has 1 heterocycles. The highest BCUT2D eigenvalue weighted by Crippen LogP contribution is 2.50. The maximum atomic E-state index is 13.0. The second-order valence-electron chi connectivity index (χ2n) is 7.79. The van der Waals surface area contributed by atoms with Gasteiger partial charge in [0.05, 0.1) is 5.41 Å². The SMILES string of the molecule is O=C(Nc1ccc2[nH]c3c(c2c1)CCCC3)C1(c2ccc(O)c(O)c2)CC1. The summed E-state index contributed by atoms with van der Waals surface area (Å²) in [6, 6.07) is 10.7. The molecule has 4 N–H and O–H groups in total. The highest BCUT2D eigenvalue weighted by Gasteiger charge is 2.51. The molecule has 5 nitrogen and oxygen atoms in total. The molecule has 2 aromatic carbocycles. The Morgan fingerprint density at radius 3 is 2.59 bits per heavy atom. The minimum atomic E-state index is -0.613. The van der Waals surface area contributed by atoms with Crippen molar-refractivity contribution in [2.75, 3.05) is 5.32 Å². The number of hydrogen-bond donors (Lipinski definition) is 4. The van der Waals surface area contributed by atoms with Gasteiger partial charge in [0.25, 0.3) is 0 Å². The van der Waals surface area contributed by atoms with Crippen molar-refractivity contribution in [3.05, 3.63) is 53.2 Å². The van der Waals surface area contributed by atoms with Crippen LogP contribution in [-0.4, -0.2) is 21.1 Å². The number of phenols is 2. The average Bonchev–Trinajstić information content (AvgIpc) is 3.40. The van der Waals surface area contributed by atoms with E-state index in [9.17, 15) is 15.0 Å². The number of aromatic hydroxyl groups is 2. The third kappa shape index (κ3) is 2.57. The molecule has 1 fully saturated rings. The molecule has 0 bridgehead atoms. The van der Waals surface area contributed by atoms with E-state index in [2.05, 4.69) is 16.4 Å². The average molecular weight is 362 g/mol. The summed E-state index contributed by atoms with van der Waals surface area (Å²) in [4.78, 5) is 16.5. The summed E-state index contributed by atoms with van der Waals surface area (Å²) in [6.07, 6.45) is 6.10. The lowest BCUT2D eigenvalue weighted by Crippen LogP contribution is -2.27. The van der Waals surface area contributed by atoms with Crippen LogP contribution in [0.2, 0.25) is 0 Å². The van der Waals surface area contributed by atoms with Crippen LogP contribution in [0.1, 0.15) is 42.5 Å². The smallest absolute Gasteiger partial charge is 0.235 e. The predicted molar refractivity (Wildman–Crippen MR) is 104 cm³/mol. The molecule has 5 heteroatoms. The number of rotatable bonds is 3. The van der Waals surface area contributed by atoms with Gasteiger partial charge in [0.15, 0.2) is 11.5 Å². The third-order valence-corrected chi connectivity index (χ3v) is 6.07. The molecule has 27 heavy (non-hydrogen) atoms. The molecule has 1 amide bonds. The van der Waals surface area contributed by atoms with E-state index >= 15 is 0 Å². The molecular formula is C22H22N2O3. The number of benzene rings is 2. The number of carbonyl (C=O) groups is 1. The summed E-state index contributed by atoms with van der Waals surface area (Å²) in [6.45, 7) is 0. The lowest BCUT2D eigenvalue weighted by molar-refractivity contribution is -0.118. The molecule has 138 valence electrons. The second-order valence-corrected chi connectivity index (χ2v) is 7.79. The van der Waals surface area contributed by atoms with E-state index < -0.39 is 5.41 Å². The van der Waals surface area contributed by atoms with E-state index in [1.165, 1.54) is 41.6 Å². The Hall–Kier alpha value is -2.95. The number of hydrogen-bond acceptors (Lipinski definition) is 3. The van der Waals surface area contributed by atoms with Gasteiger partial charge in [0.1, 0.15) is 0 Å². The molecule has 1 aromatic heterocycles. The van der Waals surface area contributed by atoms with Gasteiger partial charge in [0, 0.05) is 22.3 Å². The molecule has 0 spiro atoms. The van der Waals surface area contributed by atoms with Gasteiger partial charge in [-0.05, 0) is 80.0 Å². The summed E-state index contributed by atoms with van der Waals surface area (Å²) < 4.78 is 0. The fraction of sp³-hybridized carbons (Fsp3) is 0.318. The van der Waals surface area contributed by atoms with Gasteiger partial charge in [-0.2, -0.15) is 0 Å². The van der Waals surface area contributed by atoms with Crippen LogP contribution in [0.5, 0.6) is 11.5 Å². The molecular weight excluding hydrogens is 340 g/mol. The zero-order valence-electron chi connectivity index (χ0n) is 15.0. The van der Waals surface area contributed by atoms with E-state index in [0.29, 0.717) is 0 Å². The minimum Gasteiger partial charge on any atom is -0.504 e. The van der Waals surface area contributed by atoms with Gasteiger partial charge >= 0.3 is 0 Å². The van der Waals surface area contributed by atoms with Crippen LogP contribution in [0, 0.1) is 0 Å². The molecule has 3 aromatic rings. The number of H-pyrrole nitrogens is 1. The van der Waals surface area contributed by atoms with Crippen molar-refractivity contribution in [2.24, 2.45) is 0 Å². The van der Waals surface area contributed by atoms with E-state index in [1.54, 1.807) is 6.07 Å². The van der Waals surface area contributed by atoms with Gasteiger partial charge in [0.2, 0.25) is 5.91 Å². The molecule has 0 saturated heterocycles. The van der Waals surface area contributed by atoms with Crippen molar-refractivity contribution in [3.63, 3.8) is 0 Å². The maximum absolute atomic E-state index is 13.0. The minimum absolute atomic E-state index is 0.0589. The normalized spacial score (nSPS) is 17.5. The first kappa shape index (κ1) is 16.2. The Morgan fingerprint density at radius 1 is 1.00 bits per heavy atom. The Balaban J connectivity index is 1.44. The number of aromatic amines is 1. The zero-order chi connectivity index (χ0) is 18.6. The van der Waals surface area contributed by atoms with Crippen molar-refractivity contribution in [2.45, 2.75) is 43.9 Å². The van der Waals surface area contributed by atoms with Crippen molar-refractivity contribution in [1.82, 2.24) is 4.98 Å². The summed E-state index contributed by atoms with van der Waals surface area (Å²) in [5.74, 6) is -0.416. The number of carbonyl (C=O) groups excluding carboxylic acids is 1. The summed E-state index contributed by atoms with van der Waals surface area (Å²) in [5.41, 5.74) is 4.78. The van der Waals surface area contributed by atoms with Crippen molar-refractivity contribution >= 4 is 22.5 Å². The van der Waals surface area contributed by atoms with Crippen molar-refractivity contribution in [3.8, 4) is 11.5 Å². The van der Waals surface area contributed by atoms with Crippen LogP contribution in [-0.2, 0) is 23.1 Å². The molecule has 1 saturated carbocycles. The lowest BCUT2D eigenvalue weighted by atomic mass is 9.94. The number of amides is 1. The van der Waals surface area contributed by atoms with E-state index in [4.69, 9.17) is 0 Å². The highest BCUT2D eigenvalue weighted by atomic mass is 16.3. The topological polar surface area (TPSA) is 85.4 Å². The molecule has 2 aliphatic rings. The van der Waals surface area contributed by atoms with E-state index in [-0.39, 0.29) is 17.4 Å². The molecule has 0 radical (unpaired) electrons. The number of nitrogens with one attached hydrogen (secondary N) is 2. The predicted octanol–water partition coefficient (Wildman–Crippen LogP) is 4.13. The third-order valence-electron chi connectivity index (χ3n) is 6.07. The second kappa shape index (κ2) is 5.78. The van der Waals surface area contributed by atoms with Crippen LogP contribution in [0.4, 0.5) is 5.69 Å². The standard InChI is InChI=1S/C22H22N2O3/c25-19-8-5-13(11-20(19)26)22(9-10-22)21(27)23-14-6-7-18-16(12-14)15-3-1-2-4-17(15)24-18/h5-8,11-12,24-26H,1-4,9-10H2,(H,23,27). The number of phenolic OH excluding ortho intramolecular Hbond substituents is 2. The highest BCUT2D eigenvalue weighted by molar-refractivity contribution is 6.03. The Labute approximate surface area is 157 Å². The van der Waals surface area contributed by atoms with Crippen LogP contribution in [0.15, 0.2) is 36.4 Å². The summed E-state index contributed by atoms with van der Waals surface area (Å²) >= 11 is 0. The first-order valence-corrected chi connectivity index (χ1v) is 9.54. The van der Waals surface area contributed by atoms with Crippen molar-refractivity contribution < 1.29 is 15.0 Å².